The topological polar surface area (TPSA) is 103 Å². The zero-order valence-electron chi connectivity index (χ0n) is 18.5. The molecule has 0 radical (unpaired) electrons. The number of amides is 4. The SMILES string of the molecule is CC(C(=O)NCC(=O)Nc1ccc(F)c(F)c1F)N1CCC(NC(=O)Nc2ccccc2)CC1. The van der Waals surface area contributed by atoms with E-state index in [9.17, 15) is 27.6 Å². The molecule has 1 fully saturated rings. The van der Waals surface area contributed by atoms with Gasteiger partial charge in [-0.05, 0) is 44.0 Å². The summed E-state index contributed by atoms with van der Waals surface area (Å²) in [7, 11) is 0. The van der Waals surface area contributed by atoms with Gasteiger partial charge in [0.1, 0.15) is 0 Å². The van der Waals surface area contributed by atoms with Crippen LogP contribution in [0.5, 0.6) is 0 Å². The second-order valence-electron chi connectivity index (χ2n) is 7.94. The Balaban J connectivity index is 1.39. The standard InChI is InChI=1S/C23H26F3N5O3/c1-14(22(33)27-13-19(32)30-18-8-7-17(24)20(25)21(18)26)31-11-9-16(10-12-31)29-23(34)28-15-5-3-2-4-6-15/h2-8,14,16H,9-13H2,1H3,(H,27,33)(H,30,32)(H2,28,29,34). The second-order valence-corrected chi connectivity index (χ2v) is 7.94. The number of hydrogen-bond donors (Lipinski definition) is 4. The normalized spacial score (nSPS) is 15.3. The molecule has 0 aromatic heterocycles. The Kier molecular flexibility index (Phi) is 8.47. The molecule has 1 heterocycles. The lowest BCUT2D eigenvalue weighted by atomic mass is 10.0. The molecule has 8 nitrogen and oxygen atoms in total. The smallest absolute Gasteiger partial charge is 0.319 e. The molecule has 0 spiro atoms. The lowest BCUT2D eigenvalue weighted by Crippen LogP contribution is -2.52. The molecule has 11 heteroatoms. The van der Waals surface area contributed by atoms with Crippen LogP contribution in [0.2, 0.25) is 0 Å². The number of piperidine rings is 1. The largest absolute Gasteiger partial charge is 0.346 e. The van der Waals surface area contributed by atoms with E-state index in [1.807, 2.05) is 23.1 Å². The molecule has 0 saturated carbocycles. The van der Waals surface area contributed by atoms with Crippen molar-refractivity contribution < 1.29 is 27.6 Å². The van der Waals surface area contributed by atoms with E-state index in [1.165, 1.54) is 0 Å². The van der Waals surface area contributed by atoms with Crippen LogP contribution in [0.25, 0.3) is 0 Å². The highest BCUT2D eigenvalue weighted by Crippen LogP contribution is 2.19. The highest BCUT2D eigenvalue weighted by Gasteiger charge is 2.27. The maximum absolute atomic E-state index is 13.7. The van der Waals surface area contributed by atoms with Crippen molar-refractivity contribution in [1.82, 2.24) is 15.5 Å². The van der Waals surface area contributed by atoms with E-state index in [0.717, 1.165) is 6.07 Å². The third-order valence-corrected chi connectivity index (χ3v) is 5.56. The molecule has 1 saturated heterocycles. The van der Waals surface area contributed by atoms with Gasteiger partial charge >= 0.3 is 6.03 Å². The van der Waals surface area contributed by atoms with Crippen LogP contribution in [-0.4, -0.2) is 54.5 Å². The van der Waals surface area contributed by atoms with Gasteiger partial charge in [0.15, 0.2) is 17.5 Å². The van der Waals surface area contributed by atoms with Crippen molar-refractivity contribution in [2.45, 2.75) is 31.8 Å². The highest BCUT2D eigenvalue weighted by atomic mass is 19.2. The van der Waals surface area contributed by atoms with Crippen LogP contribution in [0.1, 0.15) is 19.8 Å². The summed E-state index contributed by atoms with van der Waals surface area (Å²) in [5.74, 6) is -5.76. The minimum absolute atomic E-state index is 0.0352. The molecule has 4 amide bonds. The summed E-state index contributed by atoms with van der Waals surface area (Å²) in [5.41, 5.74) is 0.177. The summed E-state index contributed by atoms with van der Waals surface area (Å²) in [6.07, 6.45) is 1.30. The molecular formula is C23H26F3N5O3. The van der Waals surface area contributed by atoms with Gasteiger partial charge in [0, 0.05) is 24.8 Å². The molecule has 1 aliphatic heterocycles. The van der Waals surface area contributed by atoms with E-state index < -0.39 is 47.5 Å². The van der Waals surface area contributed by atoms with E-state index in [4.69, 9.17) is 0 Å². The van der Waals surface area contributed by atoms with Crippen molar-refractivity contribution in [2.75, 3.05) is 30.3 Å². The number of anilines is 2. The summed E-state index contributed by atoms with van der Waals surface area (Å²) in [6, 6.07) is 9.81. The highest BCUT2D eigenvalue weighted by molar-refractivity contribution is 5.95. The van der Waals surface area contributed by atoms with Crippen LogP contribution in [0.15, 0.2) is 42.5 Å². The number of rotatable bonds is 7. The van der Waals surface area contributed by atoms with Crippen LogP contribution in [0.3, 0.4) is 0 Å². The summed E-state index contributed by atoms with van der Waals surface area (Å²) >= 11 is 0. The number of nitrogens with one attached hydrogen (secondary N) is 4. The van der Waals surface area contributed by atoms with Crippen molar-refractivity contribution in [3.63, 3.8) is 0 Å². The number of urea groups is 1. The van der Waals surface area contributed by atoms with Crippen LogP contribution < -0.4 is 21.3 Å². The zero-order valence-corrected chi connectivity index (χ0v) is 18.5. The summed E-state index contributed by atoms with van der Waals surface area (Å²) in [6.45, 7) is 2.37. The average molecular weight is 477 g/mol. The number of nitrogens with zero attached hydrogens (tertiary/aromatic N) is 1. The van der Waals surface area contributed by atoms with Crippen molar-refractivity contribution in [3.8, 4) is 0 Å². The lowest BCUT2D eigenvalue weighted by Gasteiger charge is -2.35. The Hall–Kier alpha value is -3.60. The summed E-state index contributed by atoms with van der Waals surface area (Å²) in [5, 5.41) is 10.2. The first-order valence-corrected chi connectivity index (χ1v) is 10.8. The van der Waals surface area contributed by atoms with Crippen LogP contribution >= 0.6 is 0 Å². The van der Waals surface area contributed by atoms with Crippen molar-refractivity contribution in [2.24, 2.45) is 0 Å². The Labute approximate surface area is 194 Å². The van der Waals surface area contributed by atoms with Gasteiger partial charge in [0.05, 0.1) is 18.3 Å². The predicted octanol–water partition coefficient (Wildman–Crippen LogP) is 2.83. The number of para-hydroxylation sites is 1. The number of carbonyl (C=O) groups excluding carboxylic acids is 3. The van der Waals surface area contributed by atoms with Gasteiger partial charge in [-0.2, -0.15) is 0 Å². The van der Waals surface area contributed by atoms with E-state index in [-0.39, 0.29) is 12.1 Å². The first-order chi connectivity index (χ1) is 16.2. The third-order valence-electron chi connectivity index (χ3n) is 5.56. The van der Waals surface area contributed by atoms with Crippen LogP contribution in [0, 0.1) is 17.5 Å². The lowest BCUT2D eigenvalue weighted by molar-refractivity contribution is -0.128. The fourth-order valence-electron chi connectivity index (χ4n) is 3.60. The maximum atomic E-state index is 13.7. The monoisotopic (exact) mass is 477 g/mol. The molecule has 182 valence electrons. The Morgan fingerprint density at radius 1 is 0.971 bits per heavy atom. The first-order valence-electron chi connectivity index (χ1n) is 10.8. The number of hydrogen-bond acceptors (Lipinski definition) is 4. The van der Waals surface area contributed by atoms with E-state index in [2.05, 4.69) is 21.3 Å². The van der Waals surface area contributed by atoms with Gasteiger partial charge in [0.2, 0.25) is 11.8 Å². The number of halogens is 3. The molecule has 1 atom stereocenters. The third kappa shape index (κ3) is 6.70. The van der Waals surface area contributed by atoms with Gasteiger partial charge < -0.3 is 21.3 Å². The fraction of sp³-hybridized carbons (Fsp3) is 0.348. The zero-order chi connectivity index (χ0) is 24.7. The average Bonchev–Trinajstić information content (AvgIpc) is 2.83. The summed E-state index contributed by atoms with van der Waals surface area (Å²) in [4.78, 5) is 38.5. The molecule has 3 rings (SSSR count). The van der Waals surface area contributed by atoms with Crippen molar-refractivity contribution in [1.29, 1.82) is 0 Å². The molecule has 34 heavy (non-hydrogen) atoms. The van der Waals surface area contributed by atoms with Crippen LogP contribution in [0.4, 0.5) is 29.3 Å². The molecule has 1 aliphatic rings. The minimum Gasteiger partial charge on any atom is -0.346 e. The van der Waals surface area contributed by atoms with Gasteiger partial charge in [-0.15, -0.1) is 0 Å². The van der Waals surface area contributed by atoms with Crippen molar-refractivity contribution >= 4 is 29.2 Å². The first kappa shape index (κ1) is 25.0. The Bertz CT molecular complexity index is 1030. The minimum atomic E-state index is -1.69. The van der Waals surface area contributed by atoms with E-state index >= 15 is 0 Å². The Morgan fingerprint density at radius 3 is 2.32 bits per heavy atom. The summed E-state index contributed by atoms with van der Waals surface area (Å²) < 4.78 is 39.9. The molecule has 2 aromatic carbocycles. The van der Waals surface area contributed by atoms with Gasteiger partial charge in [-0.25, -0.2) is 18.0 Å². The maximum Gasteiger partial charge on any atom is 0.319 e. The molecule has 0 bridgehead atoms. The second kappa shape index (κ2) is 11.5. The number of benzene rings is 2. The quantitative estimate of drug-likeness (QED) is 0.461. The fourth-order valence-corrected chi connectivity index (χ4v) is 3.60. The molecule has 4 N–H and O–H groups in total. The molecule has 0 aliphatic carbocycles. The molecule has 1 unspecified atom stereocenters. The predicted molar refractivity (Wildman–Crippen MR) is 121 cm³/mol. The van der Waals surface area contributed by atoms with E-state index in [1.54, 1.807) is 19.1 Å². The number of likely N-dealkylation sites (tertiary alicyclic amines) is 1. The number of carbonyl (C=O) groups is 3. The van der Waals surface area contributed by atoms with Gasteiger partial charge in [-0.1, -0.05) is 18.2 Å². The van der Waals surface area contributed by atoms with Crippen molar-refractivity contribution in [3.05, 3.63) is 59.9 Å². The van der Waals surface area contributed by atoms with Crippen LogP contribution in [-0.2, 0) is 9.59 Å². The Morgan fingerprint density at radius 2 is 1.65 bits per heavy atom. The van der Waals surface area contributed by atoms with Gasteiger partial charge in [0.25, 0.3) is 0 Å². The molecular weight excluding hydrogens is 451 g/mol. The van der Waals surface area contributed by atoms with Gasteiger partial charge in [-0.3, -0.25) is 14.5 Å². The van der Waals surface area contributed by atoms with E-state index in [0.29, 0.717) is 37.7 Å². The molecule has 2 aromatic rings.